The first-order valence-electron chi connectivity index (χ1n) is 7.26. The van der Waals surface area contributed by atoms with E-state index < -0.39 is 5.97 Å². The number of amides is 1. The molecule has 0 spiro atoms. The number of nitrogens with zero attached hydrogens (tertiary/aromatic N) is 2. The second-order valence-corrected chi connectivity index (χ2v) is 6.08. The van der Waals surface area contributed by atoms with Gasteiger partial charge in [-0.3, -0.25) is 4.79 Å². The Bertz CT molecular complexity index is 829. The van der Waals surface area contributed by atoms with E-state index in [2.05, 4.69) is 0 Å². The molecular formula is C18H14Cl2N2O3. The molecule has 25 heavy (non-hydrogen) atoms. The maximum absolute atomic E-state index is 12.1. The van der Waals surface area contributed by atoms with Crippen molar-refractivity contribution in [1.82, 2.24) is 4.90 Å². The van der Waals surface area contributed by atoms with Crippen LogP contribution in [0.4, 0.5) is 0 Å². The lowest BCUT2D eigenvalue weighted by Gasteiger charge is -2.17. The van der Waals surface area contributed by atoms with Gasteiger partial charge in [0.1, 0.15) is 0 Å². The Morgan fingerprint density at radius 2 is 1.80 bits per heavy atom. The van der Waals surface area contributed by atoms with Crippen LogP contribution in [-0.2, 0) is 16.1 Å². The smallest absolute Gasteiger partial charge is 0.338 e. The summed E-state index contributed by atoms with van der Waals surface area (Å²) in [5, 5.41) is 9.58. The van der Waals surface area contributed by atoms with Crippen molar-refractivity contribution in [2.45, 2.75) is 6.54 Å². The van der Waals surface area contributed by atoms with Gasteiger partial charge in [-0.2, -0.15) is 5.26 Å². The highest BCUT2D eigenvalue weighted by Crippen LogP contribution is 2.23. The van der Waals surface area contributed by atoms with E-state index in [1.165, 1.54) is 29.2 Å². The summed E-state index contributed by atoms with van der Waals surface area (Å²) in [6.07, 6.45) is 0. The van der Waals surface area contributed by atoms with Crippen LogP contribution in [0.25, 0.3) is 0 Å². The fraction of sp³-hybridized carbons (Fsp3) is 0.167. The van der Waals surface area contributed by atoms with Gasteiger partial charge in [0.25, 0.3) is 5.91 Å². The highest BCUT2D eigenvalue weighted by Gasteiger charge is 2.14. The van der Waals surface area contributed by atoms with Crippen LogP contribution in [0.5, 0.6) is 0 Å². The molecule has 0 aliphatic heterocycles. The van der Waals surface area contributed by atoms with Crippen molar-refractivity contribution in [2.75, 3.05) is 13.7 Å². The molecule has 0 bridgehead atoms. The quantitative estimate of drug-likeness (QED) is 0.746. The van der Waals surface area contributed by atoms with Gasteiger partial charge in [0, 0.05) is 13.6 Å². The van der Waals surface area contributed by atoms with Crippen LogP contribution in [0, 0.1) is 11.3 Å². The fourth-order valence-corrected chi connectivity index (χ4v) is 2.32. The lowest BCUT2D eigenvalue weighted by Crippen LogP contribution is -2.30. The van der Waals surface area contributed by atoms with Gasteiger partial charge in [0.15, 0.2) is 6.61 Å². The summed E-state index contributed by atoms with van der Waals surface area (Å²) in [7, 11) is 1.60. The first kappa shape index (κ1) is 18.8. The van der Waals surface area contributed by atoms with Gasteiger partial charge in [-0.15, -0.1) is 0 Å². The zero-order chi connectivity index (χ0) is 18.4. The Hall–Kier alpha value is -2.55. The molecule has 128 valence electrons. The van der Waals surface area contributed by atoms with Crippen molar-refractivity contribution < 1.29 is 14.3 Å². The molecule has 0 fully saturated rings. The summed E-state index contributed by atoms with van der Waals surface area (Å²) in [5.41, 5.74) is 1.52. The number of hydrogen-bond acceptors (Lipinski definition) is 4. The fourth-order valence-electron chi connectivity index (χ4n) is 2.00. The summed E-state index contributed by atoms with van der Waals surface area (Å²) in [4.78, 5) is 25.4. The zero-order valence-corrected chi connectivity index (χ0v) is 14.8. The van der Waals surface area contributed by atoms with E-state index in [0.717, 1.165) is 5.56 Å². The van der Waals surface area contributed by atoms with Crippen LogP contribution in [0.15, 0.2) is 42.5 Å². The molecule has 0 saturated carbocycles. The van der Waals surface area contributed by atoms with Gasteiger partial charge in [-0.1, -0.05) is 29.3 Å². The number of carbonyl (C=O) groups is 2. The van der Waals surface area contributed by atoms with Crippen LogP contribution in [0.3, 0.4) is 0 Å². The Balaban J connectivity index is 1.88. The normalized spacial score (nSPS) is 10.0. The van der Waals surface area contributed by atoms with E-state index in [4.69, 9.17) is 33.2 Å². The second-order valence-electron chi connectivity index (χ2n) is 5.26. The summed E-state index contributed by atoms with van der Waals surface area (Å²) in [5.74, 6) is -0.978. The molecule has 7 heteroatoms. The van der Waals surface area contributed by atoms with Crippen molar-refractivity contribution in [1.29, 1.82) is 5.26 Å². The SMILES string of the molecule is CN(Cc1ccc(Cl)c(Cl)c1)C(=O)COC(=O)c1ccc(C#N)cc1. The predicted molar refractivity (Wildman–Crippen MR) is 94.4 cm³/mol. The molecule has 0 heterocycles. The van der Waals surface area contributed by atoms with Crippen LogP contribution < -0.4 is 0 Å². The Morgan fingerprint density at radius 3 is 2.40 bits per heavy atom. The largest absolute Gasteiger partial charge is 0.452 e. The van der Waals surface area contributed by atoms with Crippen LogP contribution in [-0.4, -0.2) is 30.4 Å². The number of rotatable bonds is 5. The Labute approximate surface area is 155 Å². The average Bonchev–Trinajstić information content (AvgIpc) is 2.62. The van der Waals surface area contributed by atoms with E-state index in [-0.39, 0.29) is 18.1 Å². The van der Waals surface area contributed by atoms with E-state index in [1.54, 1.807) is 25.2 Å². The molecule has 0 aromatic heterocycles. The zero-order valence-electron chi connectivity index (χ0n) is 13.3. The van der Waals surface area contributed by atoms with Crippen LogP contribution in [0.1, 0.15) is 21.5 Å². The van der Waals surface area contributed by atoms with E-state index in [9.17, 15) is 9.59 Å². The minimum Gasteiger partial charge on any atom is -0.452 e. The molecule has 0 radical (unpaired) electrons. The van der Waals surface area contributed by atoms with E-state index in [1.807, 2.05) is 6.07 Å². The molecule has 2 aromatic carbocycles. The van der Waals surface area contributed by atoms with Gasteiger partial charge >= 0.3 is 5.97 Å². The molecular weight excluding hydrogens is 363 g/mol. The van der Waals surface area contributed by atoms with Crippen molar-refractivity contribution in [3.8, 4) is 6.07 Å². The van der Waals surface area contributed by atoms with Gasteiger partial charge in [-0.05, 0) is 42.0 Å². The molecule has 0 aliphatic rings. The minimum atomic E-state index is -0.624. The van der Waals surface area contributed by atoms with Crippen LogP contribution >= 0.6 is 23.2 Å². The number of esters is 1. The summed E-state index contributed by atoms with van der Waals surface area (Å²) < 4.78 is 5.00. The summed E-state index contributed by atoms with van der Waals surface area (Å²) >= 11 is 11.8. The highest BCUT2D eigenvalue weighted by atomic mass is 35.5. The second kappa shape index (κ2) is 8.52. The number of benzene rings is 2. The topological polar surface area (TPSA) is 70.4 Å². The van der Waals surface area contributed by atoms with Crippen molar-refractivity contribution >= 4 is 35.1 Å². The third-order valence-corrected chi connectivity index (χ3v) is 4.14. The lowest BCUT2D eigenvalue weighted by molar-refractivity contribution is -0.133. The number of halogens is 2. The summed E-state index contributed by atoms with van der Waals surface area (Å²) in [6.45, 7) is -0.0687. The number of nitriles is 1. The molecule has 0 unspecified atom stereocenters. The van der Waals surface area contributed by atoms with Crippen molar-refractivity contribution in [3.05, 3.63) is 69.2 Å². The predicted octanol–water partition coefficient (Wildman–Crippen LogP) is 3.68. The molecule has 0 N–H and O–H groups in total. The first-order chi connectivity index (χ1) is 11.9. The maximum atomic E-state index is 12.1. The molecule has 1 amide bonds. The molecule has 2 rings (SSSR count). The molecule has 0 atom stereocenters. The van der Waals surface area contributed by atoms with E-state index in [0.29, 0.717) is 22.2 Å². The van der Waals surface area contributed by atoms with Crippen LogP contribution in [0.2, 0.25) is 10.0 Å². The summed E-state index contributed by atoms with van der Waals surface area (Å²) in [6, 6.07) is 13.0. The third kappa shape index (κ3) is 5.21. The van der Waals surface area contributed by atoms with Crippen molar-refractivity contribution in [3.63, 3.8) is 0 Å². The third-order valence-electron chi connectivity index (χ3n) is 3.41. The number of hydrogen-bond donors (Lipinski definition) is 0. The Kier molecular flexibility index (Phi) is 6.40. The molecule has 0 saturated heterocycles. The van der Waals surface area contributed by atoms with E-state index >= 15 is 0 Å². The van der Waals surface area contributed by atoms with Gasteiger partial charge < -0.3 is 9.64 Å². The van der Waals surface area contributed by atoms with Gasteiger partial charge in [0.2, 0.25) is 0 Å². The number of likely N-dealkylation sites (N-methyl/N-ethyl adjacent to an activating group) is 1. The highest BCUT2D eigenvalue weighted by molar-refractivity contribution is 6.42. The molecule has 5 nitrogen and oxygen atoms in total. The number of carbonyl (C=O) groups excluding carboxylic acids is 2. The first-order valence-corrected chi connectivity index (χ1v) is 8.01. The Morgan fingerprint density at radius 1 is 1.12 bits per heavy atom. The maximum Gasteiger partial charge on any atom is 0.338 e. The van der Waals surface area contributed by atoms with Gasteiger partial charge in [-0.25, -0.2) is 4.79 Å². The monoisotopic (exact) mass is 376 g/mol. The van der Waals surface area contributed by atoms with Gasteiger partial charge in [0.05, 0.1) is 27.2 Å². The van der Waals surface area contributed by atoms with Crippen molar-refractivity contribution in [2.24, 2.45) is 0 Å². The number of ether oxygens (including phenoxy) is 1. The molecule has 0 aliphatic carbocycles. The molecule has 2 aromatic rings. The minimum absolute atomic E-state index is 0.277. The average molecular weight is 377 g/mol. The standard InChI is InChI=1S/C18H14Cl2N2O3/c1-22(10-13-4-7-15(19)16(20)8-13)17(23)11-25-18(24)14-5-2-12(9-21)3-6-14/h2-8H,10-11H2,1H3. The lowest BCUT2D eigenvalue weighted by atomic mass is 10.1.